The predicted molar refractivity (Wildman–Crippen MR) is 110 cm³/mol. The van der Waals surface area contributed by atoms with Crippen molar-refractivity contribution in [3.05, 3.63) is 58.2 Å². The zero-order valence-electron chi connectivity index (χ0n) is 17.5. The van der Waals surface area contributed by atoms with Gasteiger partial charge in [0.15, 0.2) is 11.6 Å². The highest BCUT2D eigenvalue weighted by atomic mass is 16.5. The van der Waals surface area contributed by atoms with Crippen LogP contribution in [0.5, 0.6) is 11.5 Å². The topological polar surface area (TPSA) is 121 Å². The summed E-state index contributed by atoms with van der Waals surface area (Å²) in [5.74, 6) is -4.23. The molecular formula is C24H21NO7. The molecular weight excluding hydrogens is 414 g/mol. The molecule has 32 heavy (non-hydrogen) atoms. The third-order valence-electron chi connectivity index (χ3n) is 7.07. The van der Waals surface area contributed by atoms with Crippen LogP contribution in [0.3, 0.4) is 0 Å². The van der Waals surface area contributed by atoms with Crippen LogP contribution < -0.4 is 4.74 Å². The Hall–Kier alpha value is -3.52. The molecule has 4 unspecified atom stereocenters. The van der Waals surface area contributed by atoms with Crippen molar-refractivity contribution in [2.75, 3.05) is 7.11 Å². The Morgan fingerprint density at radius 3 is 2.56 bits per heavy atom. The quantitative estimate of drug-likeness (QED) is 0.316. The van der Waals surface area contributed by atoms with Gasteiger partial charge in [0.25, 0.3) is 11.8 Å². The lowest BCUT2D eigenvalue weighted by Gasteiger charge is -2.42. The zero-order chi connectivity index (χ0) is 22.9. The monoisotopic (exact) mass is 435 g/mol. The second-order valence-corrected chi connectivity index (χ2v) is 8.64. The molecule has 4 aliphatic rings. The number of carbonyl (C=O) groups excluding carboxylic acids is 4. The number of methoxy groups -OCH3 is 1. The fourth-order valence-electron chi connectivity index (χ4n) is 5.64. The van der Waals surface area contributed by atoms with Gasteiger partial charge < -0.3 is 9.84 Å². The minimum atomic E-state index is -0.804. The highest BCUT2D eigenvalue weighted by Gasteiger charge is 2.56. The summed E-state index contributed by atoms with van der Waals surface area (Å²) >= 11 is 0. The molecule has 3 aliphatic carbocycles. The van der Waals surface area contributed by atoms with Gasteiger partial charge in [-0.2, -0.15) is 5.06 Å². The first kappa shape index (κ1) is 20.4. The van der Waals surface area contributed by atoms with Crippen molar-refractivity contribution in [2.45, 2.75) is 25.7 Å². The smallest absolute Gasteiger partial charge is 0.257 e. The Labute approximate surface area is 183 Å². The van der Waals surface area contributed by atoms with E-state index in [4.69, 9.17) is 4.74 Å². The van der Waals surface area contributed by atoms with Gasteiger partial charge in [0, 0.05) is 34.3 Å². The van der Waals surface area contributed by atoms with E-state index in [2.05, 4.69) is 0 Å². The number of ketones is 2. The molecule has 1 aromatic carbocycles. The van der Waals surface area contributed by atoms with Crippen LogP contribution >= 0.6 is 0 Å². The van der Waals surface area contributed by atoms with E-state index in [1.807, 2.05) is 6.08 Å². The second kappa shape index (κ2) is 7.00. The number of hydroxylamine groups is 2. The van der Waals surface area contributed by atoms with Gasteiger partial charge in [-0.05, 0) is 37.8 Å². The summed E-state index contributed by atoms with van der Waals surface area (Å²) in [6.07, 6.45) is 3.54. The second-order valence-electron chi connectivity index (χ2n) is 8.64. The largest absolute Gasteiger partial charge is 0.508 e. The van der Waals surface area contributed by atoms with Crippen LogP contribution in [0.1, 0.15) is 31.2 Å². The molecule has 5 rings (SSSR count). The maximum atomic E-state index is 13.3. The molecule has 4 atom stereocenters. The van der Waals surface area contributed by atoms with Crippen LogP contribution in [0.25, 0.3) is 0 Å². The average Bonchev–Trinajstić information content (AvgIpc) is 3.00. The SMILES string of the molecule is COc1cc(O)ccc1C1C2=CCC3C(=O)N(O)C(=O)C3C2CC2=C1C(=O)C(C)=CC2=O. The number of rotatable bonds is 2. The van der Waals surface area contributed by atoms with Crippen LogP contribution in [-0.4, -0.2) is 45.9 Å². The molecule has 1 saturated heterocycles. The van der Waals surface area contributed by atoms with Crippen molar-refractivity contribution in [3.8, 4) is 11.5 Å². The highest BCUT2D eigenvalue weighted by molar-refractivity contribution is 6.23. The number of ether oxygens (including phenoxy) is 1. The van der Waals surface area contributed by atoms with Crippen molar-refractivity contribution in [1.82, 2.24) is 5.06 Å². The van der Waals surface area contributed by atoms with Gasteiger partial charge in [-0.1, -0.05) is 17.7 Å². The van der Waals surface area contributed by atoms with E-state index in [9.17, 15) is 29.5 Å². The van der Waals surface area contributed by atoms with E-state index >= 15 is 0 Å². The lowest BCUT2D eigenvalue weighted by atomic mass is 9.59. The molecule has 1 heterocycles. The number of hydrogen-bond donors (Lipinski definition) is 2. The van der Waals surface area contributed by atoms with Gasteiger partial charge in [-0.3, -0.25) is 24.4 Å². The van der Waals surface area contributed by atoms with Gasteiger partial charge >= 0.3 is 0 Å². The molecule has 2 amide bonds. The molecule has 0 bridgehead atoms. The van der Waals surface area contributed by atoms with Gasteiger partial charge in [0.05, 0.1) is 18.9 Å². The minimum Gasteiger partial charge on any atom is -0.508 e. The van der Waals surface area contributed by atoms with E-state index in [1.54, 1.807) is 13.0 Å². The number of hydrogen-bond acceptors (Lipinski definition) is 7. The number of phenolic OH excluding ortho intramolecular Hbond substituents is 1. The van der Waals surface area contributed by atoms with Gasteiger partial charge in [-0.15, -0.1) is 0 Å². The van der Waals surface area contributed by atoms with Crippen LogP contribution in [0.4, 0.5) is 0 Å². The first-order valence-electron chi connectivity index (χ1n) is 10.4. The zero-order valence-corrected chi connectivity index (χ0v) is 17.5. The Bertz CT molecular complexity index is 1200. The first-order valence-corrected chi connectivity index (χ1v) is 10.4. The van der Waals surface area contributed by atoms with Crippen molar-refractivity contribution in [2.24, 2.45) is 17.8 Å². The van der Waals surface area contributed by atoms with Crippen LogP contribution in [0.15, 0.2) is 52.6 Å². The molecule has 0 radical (unpaired) electrons. The number of Topliss-reactive ketones (excluding diaryl/α,β-unsaturated/α-hetero) is 1. The van der Waals surface area contributed by atoms with Gasteiger partial charge in [0.2, 0.25) is 0 Å². The number of aromatic hydroxyl groups is 1. The number of allylic oxidation sites excluding steroid dienone is 6. The number of amides is 2. The van der Waals surface area contributed by atoms with Crippen molar-refractivity contribution in [3.63, 3.8) is 0 Å². The third-order valence-corrected chi connectivity index (χ3v) is 7.07. The van der Waals surface area contributed by atoms with Crippen LogP contribution in [0.2, 0.25) is 0 Å². The molecule has 0 spiro atoms. The van der Waals surface area contributed by atoms with Crippen LogP contribution in [-0.2, 0) is 19.2 Å². The number of nitrogens with zero attached hydrogens (tertiary/aromatic N) is 1. The Morgan fingerprint density at radius 2 is 1.84 bits per heavy atom. The predicted octanol–water partition coefficient (Wildman–Crippen LogP) is 2.22. The van der Waals surface area contributed by atoms with E-state index in [0.717, 1.165) is 5.57 Å². The summed E-state index contributed by atoms with van der Waals surface area (Å²) < 4.78 is 5.48. The molecule has 8 heteroatoms. The normalized spacial score (nSPS) is 29.4. The Kier molecular flexibility index (Phi) is 4.46. The number of phenols is 1. The summed E-state index contributed by atoms with van der Waals surface area (Å²) in [5.41, 5.74) is 2.33. The van der Waals surface area contributed by atoms with E-state index in [-0.39, 0.29) is 35.2 Å². The molecule has 1 aliphatic heterocycles. The molecule has 8 nitrogen and oxygen atoms in total. The lowest BCUT2D eigenvalue weighted by molar-refractivity contribution is -0.173. The Morgan fingerprint density at radius 1 is 1.09 bits per heavy atom. The van der Waals surface area contributed by atoms with Crippen molar-refractivity contribution >= 4 is 23.4 Å². The molecule has 1 fully saturated rings. The summed E-state index contributed by atoms with van der Waals surface area (Å²) in [6.45, 7) is 1.59. The van der Waals surface area contributed by atoms with E-state index in [1.165, 1.54) is 25.3 Å². The maximum Gasteiger partial charge on any atom is 0.257 e. The maximum absolute atomic E-state index is 13.3. The number of imide groups is 1. The summed E-state index contributed by atoms with van der Waals surface area (Å²) in [5, 5.41) is 20.1. The number of fused-ring (bicyclic) bond motifs is 3. The van der Waals surface area contributed by atoms with Gasteiger partial charge in [0.1, 0.15) is 11.5 Å². The fourth-order valence-corrected chi connectivity index (χ4v) is 5.64. The molecule has 164 valence electrons. The summed E-state index contributed by atoms with van der Waals surface area (Å²) in [6, 6.07) is 4.55. The molecule has 1 aromatic rings. The van der Waals surface area contributed by atoms with E-state index in [0.29, 0.717) is 28.0 Å². The first-order chi connectivity index (χ1) is 15.2. The fraction of sp³-hybridized carbons (Fsp3) is 0.333. The summed E-state index contributed by atoms with van der Waals surface area (Å²) in [4.78, 5) is 51.4. The molecule has 2 N–H and O–H groups in total. The highest BCUT2D eigenvalue weighted by Crippen LogP contribution is 2.56. The molecule has 0 saturated carbocycles. The third kappa shape index (κ3) is 2.65. The minimum absolute atomic E-state index is 0.0144. The summed E-state index contributed by atoms with van der Waals surface area (Å²) in [7, 11) is 1.45. The number of carbonyl (C=O) groups is 4. The van der Waals surface area contributed by atoms with Crippen LogP contribution in [0, 0.1) is 17.8 Å². The van der Waals surface area contributed by atoms with Crippen molar-refractivity contribution in [1.29, 1.82) is 0 Å². The molecule has 0 aromatic heterocycles. The average molecular weight is 435 g/mol. The standard InChI is InChI=1S/C24H21NO7/c1-10-7-17(27)16-9-15-12(5-6-14-20(15)24(30)25(31)23(14)29)19(21(16)22(10)28)13-4-3-11(26)8-18(13)32-2/h3-5,7-8,14-15,19-20,26,31H,6,9H2,1-2H3. The van der Waals surface area contributed by atoms with E-state index < -0.39 is 35.5 Å². The number of benzene rings is 1. The van der Waals surface area contributed by atoms with Gasteiger partial charge in [-0.25, -0.2) is 0 Å². The van der Waals surface area contributed by atoms with Crippen molar-refractivity contribution < 1.29 is 34.2 Å². The Balaban J connectivity index is 1.74. The lowest BCUT2D eigenvalue weighted by Crippen LogP contribution is -2.39.